The molecule has 0 fully saturated rings. The van der Waals surface area contributed by atoms with E-state index >= 15 is 0 Å². The lowest BCUT2D eigenvalue weighted by molar-refractivity contribution is -0.143. The molecule has 0 saturated carbocycles. The van der Waals surface area contributed by atoms with Crippen molar-refractivity contribution in [1.29, 1.82) is 0 Å². The first-order chi connectivity index (χ1) is 16.4. The van der Waals surface area contributed by atoms with Crippen molar-refractivity contribution >= 4 is 17.7 Å². The summed E-state index contributed by atoms with van der Waals surface area (Å²) in [7, 11) is 1.55. The van der Waals surface area contributed by atoms with Gasteiger partial charge in [0.2, 0.25) is 5.91 Å². The average Bonchev–Trinajstić information content (AvgIpc) is 3.27. The molecule has 34 heavy (non-hydrogen) atoms. The van der Waals surface area contributed by atoms with Crippen LogP contribution in [0.1, 0.15) is 55.2 Å². The van der Waals surface area contributed by atoms with E-state index in [1.54, 1.807) is 30.7 Å². The molecule has 0 aliphatic carbocycles. The summed E-state index contributed by atoms with van der Waals surface area (Å²) < 4.78 is 17.8. The average molecular weight is 470 g/mol. The van der Waals surface area contributed by atoms with Crippen molar-refractivity contribution < 1.29 is 23.8 Å². The molecule has 0 spiro atoms. The quantitative estimate of drug-likeness (QED) is 0.426. The second kappa shape index (κ2) is 11.4. The van der Waals surface area contributed by atoms with Gasteiger partial charge in [0.25, 0.3) is 5.78 Å². The number of hydrogen-bond donors (Lipinski definition) is 1. The number of ether oxygens (including phenoxy) is 3. The lowest BCUT2D eigenvalue weighted by atomic mass is 10.0. The molecule has 3 aromatic rings. The monoisotopic (exact) mass is 469 g/mol. The van der Waals surface area contributed by atoms with Crippen molar-refractivity contribution in [2.24, 2.45) is 0 Å². The van der Waals surface area contributed by atoms with E-state index < -0.39 is 12.0 Å². The highest BCUT2D eigenvalue weighted by Crippen LogP contribution is 2.31. The number of aryl methyl sites for hydroxylation is 2. The maximum Gasteiger partial charge on any atom is 0.308 e. The first-order valence-corrected chi connectivity index (χ1v) is 11.3. The summed E-state index contributed by atoms with van der Waals surface area (Å²) in [6.07, 6.45) is 2.15. The number of fused-ring (bicyclic) bond motifs is 1. The Balaban J connectivity index is 1.77. The molecule has 0 unspecified atom stereocenters. The molecule has 1 amide bonds. The fourth-order valence-electron chi connectivity index (χ4n) is 3.84. The molecule has 10 nitrogen and oxygen atoms in total. The summed E-state index contributed by atoms with van der Waals surface area (Å²) in [6, 6.07) is 4.78. The Hall–Kier alpha value is -3.69. The highest BCUT2D eigenvalue weighted by Gasteiger charge is 2.22. The van der Waals surface area contributed by atoms with Gasteiger partial charge in [-0.25, -0.2) is 9.50 Å². The van der Waals surface area contributed by atoms with E-state index in [1.165, 1.54) is 6.33 Å². The molecule has 3 rings (SSSR count). The van der Waals surface area contributed by atoms with E-state index in [0.29, 0.717) is 30.3 Å². The number of nitrogens with zero attached hydrogens (tertiary/aromatic N) is 4. The Kier molecular flexibility index (Phi) is 8.39. The first-order valence-electron chi connectivity index (χ1n) is 11.3. The molecule has 0 aliphatic heterocycles. The molecule has 182 valence electrons. The van der Waals surface area contributed by atoms with Crippen LogP contribution in [0.3, 0.4) is 0 Å². The van der Waals surface area contributed by atoms with Crippen LogP contribution >= 0.6 is 0 Å². The Bertz CT molecular complexity index is 1160. The van der Waals surface area contributed by atoms with Crippen LogP contribution in [-0.2, 0) is 20.7 Å². The molecular weight excluding hydrogens is 438 g/mol. The number of methoxy groups -OCH3 is 1. The smallest absolute Gasteiger partial charge is 0.308 e. The van der Waals surface area contributed by atoms with E-state index in [2.05, 4.69) is 20.4 Å². The van der Waals surface area contributed by atoms with E-state index in [1.807, 2.05) is 26.8 Å². The van der Waals surface area contributed by atoms with Crippen LogP contribution in [0.5, 0.6) is 11.5 Å². The number of benzene rings is 1. The molecule has 0 aliphatic rings. The molecule has 1 aromatic carbocycles. The minimum absolute atomic E-state index is 0.00123. The number of aromatic nitrogens is 4. The Labute approximate surface area is 198 Å². The number of carbonyl (C=O) groups is 2. The zero-order valence-corrected chi connectivity index (χ0v) is 20.3. The van der Waals surface area contributed by atoms with E-state index in [9.17, 15) is 9.59 Å². The van der Waals surface area contributed by atoms with Gasteiger partial charge in [-0.15, -0.1) is 0 Å². The summed E-state index contributed by atoms with van der Waals surface area (Å²) >= 11 is 0. The molecule has 2 heterocycles. The third-order valence-electron chi connectivity index (χ3n) is 5.49. The highest BCUT2D eigenvalue weighted by molar-refractivity contribution is 5.78. The lowest BCUT2D eigenvalue weighted by Crippen LogP contribution is -2.31. The third-order valence-corrected chi connectivity index (χ3v) is 5.49. The van der Waals surface area contributed by atoms with E-state index in [4.69, 9.17) is 14.2 Å². The maximum absolute atomic E-state index is 12.9. The van der Waals surface area contributed by atoms with Crippen LogP contribution < -0.4 is 14.8 Å². The van der Waals surface area contributed by atoms with Gasteiger partial charge in [0, 0.05) is 17.8 Å². The second-order valence-electron chi connectivity index (χ2n) is 7.71. The summed E-state index contributed by atoms with van der Waals surface area (Å²) in [6.45, 7) is 8.21. The molecule has 0 radical (unpaired) electrons. The Morgan fingerprint density at radius 3 is 2.65 bits per heavy atom. The minimum Gasteiger partial charge on any atom is -0.493 e. The normalized spacial score (nSPS) is 11.8. The van der Waals surface area contributed by atoms with Gasteiger partial charge in [0.05, 0.1) is 32.8 Å². The summed E-state index contributed by atoms with van der Waals surface area (Å²) in [4.78, 5) is 33.8. The largest absolute Gasteiger partial charge is 0.493 e. The van der Waals surface area contributed by atoms with Crippen LogP contribution in [0.15, 0.2) is 24.5 Å². The van der Waals surface area contributed by atoms with Gasteiger partial charge in [0.1, 0.15) is 6.33 Å². The molecular formula is C24H31N5O5. The fraction of sp³-hybridized carbons (Fsp3) is 0.458. The second-order valence-corrected chi connectivity index (χ2v) is 7.71. The molecule has 1 N–H and O–H groups in total. The number of nitrogens with one attached hydrogen (secondary N) is 1. The van der Waals surface area contributed by atoms with Crippen LogP contribution in [0.4, 0.5) is 0 Å². The van der Waals surface area contributed by atoms with E-state index in [0.717, 1.165) is 22.5 Å². The first kappa shape index (κ1) is 24.9. The Morgan fingerprint density at radius 1 is 1.15 bits per heavy atom. The van der Waals surface area contributed by atoms with Crippen LogP contribution in [0.2, 0.25) is 0 Å². The van der Waals surface area contributed by atoms with E-state index in [-0.39, 0.29) is 25.4 Å². The molecule has 2 aromatic heterocycles. The lowest BCUT2D eigenvalue weighted by Gasteiger charge is -2.20. The van der Waals surface area contributed by atoms with Crippen molar-refractivity contribution in [3.63, 3.8) is 0 Å². The SMILES string of the molecule is CCOC(=O)C[C@@H](NC(=O)CCc1c(C)nc2ncnn2c1C)c1ccc(OCC)c(OC)c1. The molecule has 10 heteroatoms. The van der Waals surface area contributed by atoms with Crippen molar-refractivity contribution in [2.45, 2.75) is 53.0 Å². The number of amides is 1. The van der Waals surface area contributed by atoms with Gasteiger partial charge >= 0.3 is 5.97 Å². The number of esters is 1. The van der Waals surface area contributed by atoms with Crippen LogP contribution in [0.25, 0.3) is 5.78 Å². The zero-order valence-electron chi connectivity index (χ0n) is 20.3. The van der Waals surface area contributed by atoms with Gasteiger partial charge in [-0.05, 0) is 57.4 Å². The molecule has 0 bridgehead atoms. The predicted octanol–water partition coefficient (Wildman–Crippen LogP) is 2.89. The van der Waals surface area contributed by atoms with Gasteiger partial charge in [0.15, 0.2) is 11.5 Å². The predicted molar refractivity (Wildman–Crippen MR) is 125 cm³/mol. The minimum atomic E-state index is -0.575. The van der Waals surface area contributed by atoms with Crippen molar-refractivity contribution in [3.8, 4) is 11.5 Å². The summed E-state index contributed by atoms with van der Waals surface area (Å²) in [5.41, 5.74) is 3.37. The van der Waals surface area contributed by atoms with Gasteiger partial charge in [-0.3, -0.25) is 9.59 Å². The number of rotatable bonds is 11. The van der Waals surface area contributed by atoms with Crippen molar-refractivity contribution in [2.75, 3.05) is 20.3 Å². The van der Waals surface area contributed by atoms with Gasteiger partial charge < -0.3 is 19.5 Å². The Morgan fingerprint density at radius 2 is 1.94 bits per heavy atom. The van der Waals surface area contributed by atoms with Crippen molar-refractivity contribution in [3.05, 3.63) is 47.0 Å². The number of hydrogen-bond acceptors (Lipinski definition) is 8. The highest BCUT2D eigenvalue weighted by atomic mass is 16.5. The number of carbonyl (C=O) groups excluding carboxylic acids is 2. The van der Waals surface area contributed by atoms with Gasteiger partial charge in [-0.1, -0.05) is 6.07 Å². The van der Waals surface area contributed by atoms with Gasteiger partial charge in [-0.2, -0.15) is 10.1 Å². The topological polar surface area (TPSA) is 117 Å². The maximum atomic E-state index is 12.9. The molecule has 1 atom stereocenters. The van der Waals surface area contributed by atoms with Crippen LogP contribution in [0, 0.1) is 13.8 Å². The fourth-order valence-corrected chi connectivity index (χ4v) is 3.84. The molecule has 0 saturated heterocycles. The third kappa shape index (κ3) is 5.81. The zero-order chi connectivity index (χ0) is 24.7. The summed E-state index contributed by atoms with van der Waals surface area (Å²) in [5, 5.41) is 7.17. The van der Waals surface area contributed by atoms with Crippen LogP contribution in [-0.4, -0.2) is 51.8 Å². The standard InChI is InChI=1S/C24H31N5O5/c1-6-33-20-10-8-17(12-21(20)32-5)19(13-23(31)34-7-2)28-22(30)11-9-18-15(3)27-24-25-14-26-29(24)16(18)4/h8,10,12,14,19H,6-7,9,11,13H2,1-5H3,(H,28,30)/t19-/m1/s1. The summed E-state index contributed by atoms with van der Waals surface area (Å²) in [5.74, 6) is 1.06. The van der Waals surface area contributed by atoms with Crippen molar-refractivity contribution in [1.82, 2.24) is 24.9 Å².